The minimum absolute atomic E-state index is 0. The molecule has 0 spiro atoms. The van der Waals surface area contributed by atoms with Gasteiger partial charge < -0.3 is 35.4 Å². The molecule has 0 radical (unpaired) electrons. The number of para-hydroxylation sites is 2. The number of aryl methyl sites for hydroxylation is 2. The van der Waals surface area contributed by atoms with Crippen molar-refractivity contribution in [1.29, 1.82) is 0 Å². The van der Waals surface area contributed by atoms with Crippen LogP contribution in [-0.2, 0) is 25.7 Å². The van der Waals surface area contributed by atoms with Gasteiger partial charge in [-0.2, -0.15) is 0 Å². The molecule has 0 amide bonds. The lowest BCUT2D eigenvalue weighted by molar-refractivity contribution is -0.00100. The SMILES string of the molecule is [Cl-].[Cl-].c1ccc2c(NCCCCNc3c4c(nc5ccccc35)CCCC4)c3c(nc2c1)CCCC3. The highest BCUT2D eigenvalue weighted by Crippen LogP contribution is 2.34. The van der Waals surface area contributed by atoms with Crippen molar-refractivity contribution in [2.75, 3.05) is 23.7 Å². The van der Waals surface area contributed by atoms with Gasteiger partial charge in [-0.1, -0.05) is 36.4 Å². The molecule has 2 aromatic carbocycles. The first-order chi connectivity index (χ1) is 16.9. The van der Waals surface area contributed by atoms with Gasteiger partial charge in [0.15, 0.2) is 0 Å². The molecule has 6 heteroatoms. The van der Waals surface area contributed by atoms with E-state index >= 15 is 0 Å². The summed E-state index contributed by atoms with van der Waals surface area (Å²) in [5, 5.41) is 10.2. The van der Waals surface area contributed by atoms with Gasteiger partial charge in [-0.05, 0) is 87.5 Å². The van der Waals surface area contributed by atoms with Crippen LogP contribution in [0.1, 0.15) is 61.0 Å². The second kappa shape index (κ2) is 12.1. The molecule has 2 heterocycles. The molecule has 0 saturated heterocycles. The molecule has 6 rings (SSSR count). The van der Waals surface area contributed by atoms with E-state index in [0.29, 0.717) is 0 Å². The van der Waals surface area contributed by atoms with Crippen molar-refractivity contribution in [3.63, 3.8) is 0 Å². The number of hydrogen-bond donors (Lipinski definition) is 2. The van der Waals surface area contributed by atoms with Gasteiger partial charge >= 0.3 is 0 Å². The lowest BCUT2D eigenvalue weighted by atomic mass is 9.92. The molecule has 0 saturated carbocycles. The molecule has 190 valence electrons. The molecule has 4 aromatic rings. The number of benzene rings is 2. The Bertz CT molecular complexity index is 1230. The Morgan fingerprint density at radius 1 is 0.556 bits per heavy atom. The maximum absolute atomic E-state index is 4.97. The highest BCUT2D eigenvalue weighted by molar-refractivity contribution is 5.94. The molecule has 0 atom stereocenters. The Balaban J connectivity index is 0.00000152. The molecule has 4 nitrogen and oxygen atoms in total. The van der Waals surface area contributed by atoms with Gasteiger partial charge in [0, 0.05) is 46.6 Å². The summed E-state index contributed by atoms with van der Waals surface area (Å²) >= 11 is 0. The molecule has 2 aromatic heterocycles. The third-order valence-corrected chi connectivity index (χ3v) is 7.55. The van der Waals surface area contributed by atoms with Gasteiger partial charge in [-0.25, -0.2) is 0 Å². The van der Waals surface area contributed by atoms with E-state index in [1.807, 2.05) is 0 Å². The first-order valence-electron chi connectivity index (χ1n) is 13.2. The maximum Gasteiger partial charge on any atom is 0.0726 e. The van der Waals surface area contributed by atoms with Crippen LogP contribution in [0.5, 0.6) is 0 Å². The van der Waals surface area contributed by atoms with E-state index in [2.05, 4.69) is 59.2 Å². The zero-order valence-corrected chi connectivity index (χ0v) is 22.3. The van der Waals surface area contributed by atoms with Gasteiger partial charge in [-0.3, -0.25) is 9.97 Å². The Kier molecular flexibility index (Phi) is 8.92. The van der Waals surface area contributed by atoms with Crippen LogP contribution < -0.4 is 35.4 Å². The van der Waals surface area contributed by atoms with Gasteiger partial charge in [0.1, 0.15) is 0 Å². The largest absolute Gasteiger partial charge is 1.00 e. The number of unbranched alkanes of at least 4 members (excludes halogenated alkanes) is 1. The topological polar surface area (TPSA) is 49.8 Å². The van der Waals surface area contributed by atoms with Crippen molar-refractivity contribution < 1.29 is 24.8 Å². The summed E-state index contributed by atoms with van der Waals surface area (Å²) in [7, 11) is 0. The highest BCUT2D eigenvalue weighted by atomic mass is 35.5. The number of rotatable bonds is 7. The zero-order valence-electron chi connectivity index (χ0n) is 20.8. The summed E-state index contributed by atoms with van der Waals surface area (Å²) in [6, 6.07) is 17.2. The lowest BCUT2D eigenvalue weighted by Crippen LogP contribution is -3.00. The fourth-order valence-electron chi connectivity index (χ4n) is 5.83. The summed E-state index contributed by atoms with van der Waals surface area (Å²) in [5.74, 6) is 0. The van der Waals surface area contributed by atoms with Crippen LogP contribution >= 0.6 is 0 Å². The van der Waals surface area contributed by atoms with E-state index < -0.39 is 0 Å². The monoisotopic (exact) mass is 520 g/mol. The molecule has 0 bridgehead atoms. The minimum Gasteiger partial charge on any atom is -1.00 e. The number of hydrogen-bond acceptors (Lipinski definition) is 4. The summed E-state index contributed by atoms with van der Waals surface area (Å²) in [4.78, 5) is 9.95. The highest BCUT2D eigenvalue weighted by Gasteiger charge is 2.19. The van der Waals surface area contributed by atoms with Crippen molar-refractivity contribution >= 4 is 33.2 Å². The standard InChI is InChI=1S/C30H34N4.2ClH/c1-5-15-25-21(11-1)29(22-12-2-6-16-26(22)33-25)31-19-9-10-20-32-30-23-13-3-7-17-27(23)34-28-18-8-4-14-24(28)30;;/h1,3,5,7,11,13,15,17H,2,4,6,8-10,12,14,16,18-20H2,(H,31,33)(H,32,34);2*1H/p-2. The fraction of sp³-hybridized carbons (Fsp3) is 0.400. The molecular weight excluding hydrogens is 487 g/mol. The second-order valence-corrected chi connectivity index (χ2v) is 9.83. The third-order valence-electron chi connectivity index (χ3n) is 7.55. The summed E-state index contributed by atoms with van der Waals surface area (Å²) in [6.07, 6.45) is 11.9. The molecule has 2 aliphatic rings. The maximum atomic E-state index is 4.97. The van der Waals surface area contributed by atoms with Crippen LogP contribution in [0.3, 0.4) is 0 Å². The number of nitrogens with zero attached hydrogens (tertiary/aromatic N) is 2. The summed E-state index contributed by atoms with van der Waals surface area (Å²) in [5.41, 5.74) is 10.5. The second-order valence-electron chi connectivity index (χ2n) is 9.83. The van der Waals surface area contributed by atoms with Crippen LogP contribution in [0.15, 0.2) is 48.5 Å². The predicted molar refractivity (Wildman–Crippen MR) is 143 cm³/mol. The van der Waals surface area contributed by atoms with Crippen molar-refractivity contribution in [2.24, 2.45) is 0 Å². The van der Waals surface area contributed by atoms with E-state index in [1.54, 1.807) is 0 Å². The number of halogens is 2. The van der Waals surface area contributed by atoms with Crippen LogP contribution in [0, 0.1) is 0 Å². The van der Waals surface area contributed by atoms with Gasteiger partial charge in [0.05, 0.1) is 11.0 Å². The first-order valence-corrected chi connectivity index (χ1v) is 13.2. The molecule has 2 N–H and O–H groups in total. The van der Waals surface area contributed by atoms with Crippen LogP contribution in [-0.4, -0.2) is 23.1 Å². The predicted octanol–water partition coefficient (Wildman–Crippen LogP) is 0.853. The fourth-order valence-corrected chi connectivity index (χ4v) is 5.83. The number of fused-ring (bicyclic) bond motifs is 4. The lowest BCUT2D eigenvalue weighted by Gasteiger charge is -2.22. The molecular formula is C30H34Cl2N4-2. The molecule has 36 heavy (non-hydrogen) atoms. The number of aromatic nitrogens is 2. The average molecular weight is 522 g/mol. The normalized spacial score (nSPS) is 14.3. The number of nitrogens with one attached hydrogen (secondary N) is 2. The Labute approximate surface area is 226 Å². The number of pyridine rings is 2. The molecule has 0 aliphatic heterocycles. The summed E-state index contributed by atoms with van der Waals surface area (Å²) in [6.45, 7) is 1.99. The Hall–Kier alpha value is -2.56. The zero-order chi connectivity index (χ0) is 22.7. The van der Waals surface area contributed by atoms with Crippen LogP contribution in [0.25, 0.3) is 21.8 Å². The summed E-state index contributed by atoms with van der Waals surface area (Å²) < 4.78 is 0. The molecule has 0 unspecified atom stereocenters. The Morgan fingerprint density at radius 2 is 0.972 bits per heavy atom. The van der Waals surface area contributed by atoms with Crippen molar-refractivity contribution in [2.45, 2.75) is 64.2 Å². The van der Waals surface area contributed by atoms with Gasteiger partial charge in [0.25, 0.3) is 0 Å². The van der Waals surface area contributed by atoms with E-state index in [1.165, 1.54) is 70.3 Å². The van der Waals surface area contributed by atoms with Gasteiger partial charge in [0.2, 0.25) is 0 Å². The quantitative estimate of drug-likeness (QED) is 0.355. The molecule has 2 aliphatic carbocycles. The van der Waals surface area contributed by atoms with Crippen molar-refractivity contribution in [1.82, 2.24) is 9.97 Å². The van der Waals surface area contributed by atoms with Crippen LogP contribution in [0.2, 0.25) is 0 Å². The first kappa shape index (κ1) is 26.5. The van der Waals surface area contributed by atoms with E-state index in [0.717, 1.165) is 62.6 Å². The van der Waals surface area contributed by atoms with Crippen molar-refractivity contribution in [3.8, 4) is 0 Å². The molecule has 0 fully saturated rings. The van der Waals surface area contributed by atoms with E-state index in [4.69, 9.17) is 9.97 Å². The van der Waals surface area contributed by atoms with Gasteiger partial charge in [-0.15, -0.1) is 0 Å². The smallest absolute Gasteiger partial charge is 0.0726 e. The van der Waals surface area contributed by atoms with E-state index in [9.17, 15) is 0 Å². The average Bonchev–Trinajstić information content (AvgIpc) is 2.89. The van der Waals surface area contributed by atoms with E-state index in [-0.39, 0.29) is 24.8 Å². The number of anilines is 2. The Morgan fingerprint density at radius 3 is 1.44 bits per heavy atom. The van der Waals surface area contributed by atoms with Crippen LogP contribution in [0.4, 0.5) is 11.4 Å². The van der Waals surface area contributed by atoms with Crippen molar-refractivity contribution in [3.05, 3.63) is 71.0 Å². The minimum atomic E-state index is 0. The third kappa shape index (κ3) is 5.26.